The molecule has 2 heterocycles. The zero-order chi connectivity index (χ0) is 24.4. The summed E-state index contributed by atoms with van der Waals surface area (Å²) in [5.74, 6) is -1.49. The van der Waals surface area contributed by atoms with E-state index in [4.69, 9.17) is 4.74 Å². The Morgan fingerprint density at radius 2 is 1.76 bits per heavy atom. The lowest BCUT2D eigenvalue weighted by Gasteiger charge is -2.25. The number of aliphatic hydroxyl groups is 1. The molecule has 1 unspecified atom stereocenters. The van der Waals surface area contributed by atoms with Crippen molar-refractivity contribution in [1.82, 2.24) is 9.88 Å². The number of carbonyl (C=O) groups is 2. The number of benzene rings is 2. The Hall–Kier alpha value is -4.00. The van der Waals surface area contributed by atoms with Crippen molar-refractivity contribution in [3.63, 3.8) is 0 Å². The molecule has 1 aliphatic rings. The van der Waals surface area contributed by atoms with E-state index in [1.165, 1.54) is 17.0 Å². The van der Waals surface area contributed by atoms with Crippen LogP contribution in [0.1, 0.15) is 42.1 Å². The number of ketones is 1. The molecule has 3 aromatic rings. The Morgan fingerprint density at radius 1 is 1.09 bits per heavy atom. The second-order valence-electron chi connectivity index (χ2n) is 8.48. The molecule has 174 valence electrons. The molecule has 2 aromatic carbocycles. The molecule has 1 N–H and O–H groups in total. The standard InChI is InChI=1S/C27H25FN2O4/c1-16(2)34-22-9-6-20(14-17(22)3)25(31)23-24(19-10-12-29-13-11-19)30(27(33)26(23)32)15-18-4-7-21(28)8-5-18/h4-14,16,24,31H,15H2,1-3H3/b25-23-. The van der Waals surface area contributed by atoms with Gasteiger partial charge in [0.15, 0.2) is 0 Å². The SMILES string of the molecule is Cc1cc(/C(O)=C2/C(=O)C(=O)N(Cc3ccc(F)cc3)C2c2ccncc2)ccc1OC(C)C. The second-order valence-corrected chi connectivity index (χ2v) is 8.48. The van der Waals surface area contributed by atoms with Crippen molar-refractivity contribution in [1.29, 1.82) is 0 Å². The van der Waals surface area contributed by atoms with Crippen LogP contribution in [0.3, 0.4) is 0 Å². The van der Waals surface area contributed by atoms with Crippen LogP contribution in [0.25, 0.3) is 5.76 Å². The summed E-state index contributed by atoms with van der Waals surface area (Å²) >= 11 is 0. The molecule has 1 aliphatic heterocycles. The minimum atomic E-state index is -0.819. The van der Waals surface area contributed by atoms with Crippen LogP contribution in [0.5, 0.6) is 5.75 Å². The van der Waals surface area contributed by atoms with Crippen LogP contribution in [0.2, 0.25) is 0 Å². The monoisotopic (exact) mass is 460 g/mol. The third-order valence-corrected chi connectivity index (χ3v) is 5.64. The van der Waals surface area contributed by atoms with Crippen molar-refractivity contribution in [2.24, 2.45) is 0 Å². The van der Waals surface area contributed by atoms with Gasteiger partial charge >= 0.3 is 0 Å². The molecule has 1 atom stereocenters. The number of ether oxygens (including phenoxy) is 1. The van der Waals surface area contributed by atoms with Gasteiger partial charge in [-0.3, -0.25) is 14.6 Å². The van der Waals surface area contributed by atoms with Crippen LogP contribution in [0.4, 0.5) is 4.39 Å². The molecule has 1 aromatic heterocycles. The fourth-order valence-electron chi connectivity index (χ4n) is 4.06. The molecule has 6 nitrogen and oxygen atoms in total. The number of carbonyl (C=O) groups excluding carboxylic acids is 2. The third kappa shape index (κ3) is 4.55. The normalized spacial score (nSPS) is 17.4. The Bertz CT molecular complexity index is 1250. The molecule has 0 aliphatic carbocycles. The number of halogens is 1. The van der Waals surface area contributed by atoms with Gasteiger partial charge in [-0.1, -0.05) is 12.1 Å². The molecule has 1 fully saturated rings. The molecule has 34 heavy (non-hydrogen) atoms. The molecule has 7 heteroatoms. The number of rotatable bonds is 6. The van der Waals surface area contributed by atoms with Crippen molar-refractivity contribution in [3.05, 3.63) is 101 Å². The first-order valence-electron chi connectivity index (χ1n) is 11.0. The minimum Gasteiger partial charge on any atom is -0.507 e. The summed E-state index contributed by atoms with van der Waals surface area (Å²) in [5, 5.41) is 11.2. The van der Waals surface area contributed by atoms with Gasteiger partial charge in [0, 0.05) is 24.5 Å². The van der Waals surface area contributed by atoms with E-state index in [-0.39, 0.29) is 24.0 Å². The number of aliphatic hydroxyl groups excluding tert-OH is 1. The fraction of sp³-hybridized carbons (Fsp3) is 0.222. The smallest absolute Gasteiger partial charge is 0.295 e. The zero-order valence-electron chi connectivity index (χ0n) is 19.2. The summed E-state index contributed by atoms with van der Waals surface area (Å²) in [6.45, 7) is 5.77. The molecule has 1 saturated heterocycles. The van der Waals surface area contributed by atoms with E-state index in [2.05, 4.69) is 4.98 Å². The zero-order valence-corrected chi connectivity index (χ0v) is 19.2. The van der Waals surface area contributed by atoms with Gasteiger partial charge in [-0.15, -0.1) is 0 Å². The molecule has 0 spiro atoms. The van der Waals surface area contributed by atoms with Gasteiger partial charge in [0.1, 0.15) is 17.3 Å². The summed E-state index contributed by atoms with van der Waals surface area (Å²) in [5.41, 5.74) is 2.49. The third-order valence-electron chi connectivity index (χ3n) is 5.64. The van der Waals surface area contributed by atoms with E-state index in [9.17, 15) is 19.1 Å². The second kappa shape index (κ2) is 9.47. The van der Waals surface area contributed by atoms with E-state index in [0.717, 1.165) is 5.56 Å². The number of amides is 1. The maximum atomic E-state index is 13.4. The summed E-state index contributed by atoms with van der Waals surface area (Å²) in [4.78, 5) is 31.6. The Balaban J connectivity index is 1.80. The van der Waals surface area contributed by atoms with Crippen LogP contribution in [-0.2, 0) is 16.1 Å². The lowest BCUT2D eigenvalue weighted by atomic mass is 9.95. The summed E-state index contributed by atoms with van der Waals surface area (Å²) < 4.78 is 19.1. The van der Waals surface area contributed by atoms with Crippen LogP contribution in [0.15, 0.2) is 72.6 Å². The summed E-state index contributed by atoms with van der Waals surface area (Å²) in [6, 6.07) is 13.4. The van der Waals surface area contributed by atoms with Gasteiger partial charge in [0.25, 0.3) is 11.7 Å². The molecular weight excluding hydrogens is 435 g/mol. The molecule has 1 amide bonds. The van der Waals surface area contributed by atoms with Crippen LogP contribution in [0, 0.1) is 12.7 Å². The minimum absolute atomic E-state index is 0.00441. The van der Waals surface area contributed by atoms with E-state index in [1.807, 2.05) is 20.8 Å². The highest BCUT2D eigenvalue weighted by atomic mass is 19.1. The van der Waals surface area contributed by atoms with Crippen molar-refractivity contribution < 1.29 is 23.8 Å². The van der Waals surface area contributed by atoms with E-state index < -0.39 is 23.5 Å². The number of hydrogen-bond donors (Lipinski definition) is 1. The number of likely N-dealkylation sites (tertiary alicyclic amines) is 1. The van der Waals surface area contributed by atoms with Crippen molar-refractivity contribution >= 4 is 17.4 Å². The van der Waals surface area contributed by atoms with Gasteiger partial charge in [-0.2, -0.15) is 0 Å². The van der Waals surface area contributed by atoms with Gasteiger partial charge in [0.05, 0.1) is 17.7 Å². The van der Waals surface area contributed by atoms with Crippen LogP contribution < -0.4 is 4.74 Å². The highest BCUT2D eigenvalue weighted by Crippen LogP contribution is 2.40. The van der Waals surface area contributed by atoms with E-state index >= 15 is 0 Å². The lowest BCUT2D eigenvalue weighted by Crippen LogP contribution is -2.29. The van der Waals surface area contributed by atoms with Crippen molar-refractivity contribution in [2.45, 2.75) is 39.5 Å². The number of nitrogens with zero attached hydrogens (tertiary/aromatic N) is 2. The average molecular weight is 461 g/mol. The number of pyridine rings is 1. The Morgan fingerprint density at radius 3 is 2.38 bits per heavy atom. The maximum Gasteiger partial charge on any atom is 0.295 e. The summed E-state index contributed by atoms with van der Waals surface area (Å²) in [7, 11) is 0. The first-order valence-corrected chi connectivity index (χ1v) is 11.0. The van der Waals surface area contributed by atoms with Gasteiger partial charge in [-0.05, 0) is 79.9 Å². The maximum absolute atomic E-state index is 13.4. The van der Waals surface area contributed by atoms with Gasteiger partial charge in [-0.25, -0.2) is 4.39 Å². The highest BCUT2D eigenvalue weighted by Gasteiger charge is 2.46. The molecular formula is C27H25FN2O4. The molecule has 4 rings (SSSR count). The van der Waals surface area contributed by atoms with Gasteiger partial charge < -0.3 is 14.7 Å². The quantitative estimate of drug-likeness (QED) is 0.320. The predicted molar refractivity (Wildman–Crippen MR) is 125 cm³/mol. The van der Waals surface area contributed by atoms with E-state index in [1.54, 1.807) is 54.9 Å². The highest BCUT2D eigenvalue weighted by molar-refractivity contribution is 6.46. The lowest BCUT2D eigenvalue weighted by molar-refractivity contribution is -0.140. The van der Waals surface area contributed by atoms with Gasteiger partial charge in [0.2, 0.25) is 0 Å². The Labute approximate surface area is 197 Å². The average Bonchev–Trinajstić information content (AvgIpc) is 3.06. The van der Waals surface area contributed by atoms with Crippen LogP contribution >= 0.6 is 0 Å². The van der Waals surface area contributed by atoms with E-state index in [0.29, 0.717) is 22.4 Å². The molecule has 0 saturated carbocycles. The number of hydrogen-bond acceptors (Lipinski definition) is 5. The fourth-order valence-corrected chi connectivity index (χ4v) is 4.06. The number of Topliss-reactive ketones (excluding diaryl/α,β-unsaturated/α-hetero) is 1. The predicted octanol–water partition coefficient (Wildman–Crippen LogP) is 4.94. The first kappa shape index (κ1) is 23.2. The number of aryl methyl sites for hydroxylation is 1. The topological polar surface area (TPSA) is 79.7 Å². The Kier molecular flexibility index (Phi) is 6.45. The molecule has 0 bridgehead atoms. The first-order chi connectivity index (χ1) is 16.3. The van der Waals surface area contributed by atoms with Crippen molar-refractivity contribution in [2.75, 3.05) is 0 Å². The molecule has 0 radical (unpaired) electrons. The van der Waals surface area contributed by atoms with Crippen molar-refractivity contribution in [3.8, 4) is 5.75 Å². The number of aromatic nitrogens is 1. The summed E-state index contributed by atoms with van der Waals surface area (Å²) in [6.07, 6.45) is 3.12. The van der Waals surface area contributed by atoms with Crippen LogP contribution in [-0.4, -0.2) is 32.8 Å². The largest absolute Gasteiger partial charge is 0.507 e.